The summed E-state index contributed by atoms with van der Waals surface area (Å²) in [7, 11) is 0. The van der Waals surface area contributed by atoms with Gasteiger partial charge in [-0.25, -0.2) is 0 Å². The van der Waals surface area contributed by atoms with E-state index >= 15 is 0 Å². The van der Waals surface area contributed by atoms with Crippen molar-refractivity contribution in [3.05, 3.63) is 88.5 Å². The Kier molecular flexibility index (Phi) is 3.81. The summed E-state index contributed by atoms with van der Waals surface area (Å²) in [6.45, 7) is 2.09. The Balaban J connectivity index is 2.04. The number of fused-ring (bicyclic) bond motifs is 2. The van der Waals surface area contributed by atoms with Gasteiger partial charge in [0.25, 0.3) is 0 Å². The third-order valence-electron chi connectivity index (χ3n) is 4.74. The number of thiol groups is 1. The fourth-order valence-electron chi connectivity index (χ4n) is 3.54. The molecule has 0 unspecified atom stereocenters. The largest absolute Gasteiger partial charge is 0.289 e. The second-order valence-electron chi connectivity index (χ2n) is 6.10. The molecule has 25 heavy (non-hydrogen) atoms. The molecule has 0 fully saturated rings. The first-order chi connectivity index (χ1) is 12.1. The summed E-state index contributed by atoms with van der Waals surface area (Å²) < 4.78 is 0. The van der Waals surface area contributed by atoms with Crippen LogP contribution < -0.4 is 0 Å². The fraction of sp³-hybridized carbons (Fsp3) is 0.0909. The zero-order chi connectivity index (χ0) is 17.6. The summed E-state index contributed by atoms with van der Waals surface area (Å²) in [6.07, 6.45) is 0.858. The molecule has 0 N–H and O–H groups in total. The molecule has 122 valence electrons. The van der Waals surface area contributed by atoms with Gasteiger partial charge in [0, 0.05) is 27.1 Å². The normalized spacial score (nSPS) is 12.7. The van der Waals surface area contributed by atoms with Crippen LogP contribution in [0.2, 0.25) is 0 Å². The summed E-state index contributed by atoms with van der Waals surface area (Å²) >= 11 is 4.41. The first kappa shape index (κ1) is 15.9. The van der Waals surface area contributed by atoms with E-state index in [4.69, 9.17) is 0 Å². The predicted octanol–water partition coefficient (Wildman–Crippen LogP) is 4.98. The van der Waals surface area contributed by atoms with Crippen molar-refractivity contribution < 1.29 is 9.59 Å². The van der Waals surface area contributed by atoms with Gasteiger partial charge in [-0.2, -0.15) is 0 Å². The number of aryl methyl sites for hydroxylation is 1. The molecule has 0 spiro atoms. The standard InChI is InChI=1S/C22H16O2S/c1-2-13-7-3-4-8-14(13)15-9-5-10-16-19(15)22(24)20-17(21(16)23)11-6-12-18(20)25/h3-12,25H,2H2,1H3. The summed E-state index contributed by atoms with van der Waals surface area (Å²) in [4.78, 5) is 26.8. The molecular formula is C22H16O2S. The second kappa shape index (κ2) is 6.01. The van der Waals surface area contributed by atoms with Crippen LogP contribution in [0.5, 0.6) is 0 Å². The smallest absolute Gasteiger partial charge is 0.196 e. The molecule has 3 heteroatoms. The molecule has 0 aromatic heterocycles. The fourth-order valence-corrected chi connectivity index (χ4v) is 3.85. The van der Waals surface area contributed by atoms with Crippen LogP contribution in [0.1, 0.15) is 44.3 Å². The molecule has 3 aromatic carbocycles. The molecule has 0 radical (unpaired) electrons. The predicted molar refractivity (Wildman–Crippen MR) is 102 cm³/mol. The zero-order valence-electron chi connectivity index (χ0n) is 13.7. The van der Waals surface area contributed by atoms with Crippen molar-refractivity contribution in [2.45, 2.75) is 18.2 Å². The number of hydrogen-bond acceptors (Lipinski definition) is 3. The van der Waals surface area contributed by atoms with Crippen LogP contribution in [0, 0.1) is 0 Å². The minimum atomic E-state index is -0.128. The van der Waals surface area contributed by atoms with Crippen LogP contribution >= 0.6 is 12.6 Å². The molecule has 0 heterocycles. The molecule has 0 amide bonds. The molecule has 0 atom stereocenters. The van der Waals surface area contributed by atoms with Crippen molar-refractivity contribution >= 4 is 24.2 Å². The van der Waals surface area contributed by atoms with Crippen LogP contribution in [0.25, 0.3) is 11.1 Å². The van der Waals surface area contributed by atoms with Crippen molar-refractivity contribution in [3.63, 3.8) is 0 Å². The van der Waals surface area contributed by atoms with Gasteiger partial charge in [0.05, 0.1) is 0 Å². The Labute approximate surface area is 151 Å². The number of rotatable bonds is 2. The van der Waals surface area contributed by atoms with E-state index in [1.54, 1.807) is 24.3 Å². The Morgan fingerprint density at radius 1 is 0.680 bits per heavy atom. The highest BCUT2D eigenvalue weighted by Gasteiger charge is 2.33. The van der Waals surface area contributed by atoms with Gasteiger partial charge in [-0.1, -0.05) is 61.5 Å². The lowest BCUT2D eigenvalue weighted by atomic mass is 9.79. The molecule has 0 bridgehead atoms. The Morgan fingerprint density at radius 2 is 1.28 bits per heavy atom. The molecule has 2 nitrogen and oxygen atoms in total. The third kappa shape index (κ3) is 2.35. The third-order valence-corrected chi connectivity index (χ3v) is 5.11. The highest BCUT2D eigenvalue weighted by molar-refractivity contribution is 7.80. The summed E-state index contributed by atoms with van der Waals surface area (Å²) in [5, 5.41) is 0. The van der Waals surface area contributed by atoms with Crippen molar-refractivity contribution in [2.24, 2.45) is 0 Å². The summed E-state index contributed by atoms with van der Waals surface area (Å²) in [6, 6.07) is 18.7. The van der Waals surface area contributed by atoms with Crippen LogP contribution in [0.4, 0.5) is 0 Å². The maximum Gasteiger partial charge on any atom is 0.196 e. The quantitative estimate of drug-likeness (QED) is 0.520. The molecule has 0 aliphatic heterocycles. The Bertz CT molecular complexity index is 1030. The van der Waals surface area contributed by atoms with E-state index in [2.05, 4.69) is 25.6 Å². The highest BCUT2D eigenvalue weighted by atomic mass is 32.1. The monoisotopic (exact) mass is 344 g/mol. The molecule has 3 aromatic rings. The molecular weight excluding hydrogens is 328 g/mol. The average molecular weight is 344 g/mol. The van der Waals surface area contributed by atoms with Gasteiger partial charge in [0.1, 0.15) is 0 Å². The number of hydrogen-bond donors (Lipinski definition) is 1. The summed E-state index contributed by atoms with van der Waals surface area (Å²) in [5.41, 5.74) is 4.78. The minimum absolute atomic E-state index is 0.115. The lowest BCUT2D eigenvalue weighted by molar-refractivity contribution is 0.0977. The minimum Gasteiger partial charge on any atom is -0.289 e. The van der Waals surface area contributed by atoms with E-state index in [9.17, 15) is 9.59 Å². The molecule has 0 saturated heterocycles. The number of benzene rings is 3. The first-order valence-corrected chi connectivity index (χ1v) is 8.71. The van der Waals surface area contributed by atoms with Gasteiger partial charge >= 0.3 is 0 Å². The van der Waals surface area contributed by atoms with Crippen molar-refractivity contribution in [2.75, 3.05) is 0 Å². The van der Waals surface area contributed by atoms with E-state index in [0.29, 0.717) is 27.1 Å². The van der Waals surface area contributed by atoms with Crippen LogP contribution in [0.15, 0.2) is 65.6 Å². The van der Waals surface area contributed by atoms with Crippen LogP contribution in [-0.2, 0) is 6.42 Å². The first-order valence-electron chi connectivity index (χ1n) is 8.26. The van der Waals surface area contributed by atoms with Crippen LogP contribution in [0.3, 0.4) is 0 Å². The van der Waals surface area contributed by atoms with Crippen molar-refractivity contribution in [1.82, 2.24) is 0 Å². The average Bonchev–Trinajstić information content (AvgIpc) is 2.65. The molecule has 4 rings (SSSR count). The number of ketones is 2. The molecule has 1 aliphatic rings. The SMILES string of the molecule is CCc1ccccc1-c1cccc2c1C(=O)c1c(S)cccc1C2=O. The maximum absolute atomic E-state index is 13.3. The van der Waals surface area contributed by atoms with Crippen molar-refractivity contribution in [3.8, 4) is 11.1 Å². The van der Waals surface area contributed by atoms with E-state index < -0.39 is 0 Å². The Hall–Kier alpha value is -2.65. The van der Waals surface area contributed by atoms with Gasteiger partial charge in [-0.05, 0) is 29.2 Å². The summed E-state index contributed by atoms with van der Waals surface area (Å²) in [5.74, 6) is -0.243. The maximum atomic E-state index is 13.3. The van der Waals surface area contributed by atoms with Gasteiger partial charge in [0.2, 0.25) is 0 Å². The second-order valence-corrected chi connectivity index (χ2v) is 6.58. The Morgan fingerprint density at radius 3 is 2.04 bits per heavy atom. The zero-order valence-corrected chi connectivity index (χ0v) is 14.6. The van der Waals surface area contributed by atoms with E-state index in [-0.39, 0.29) is 11.6 Å². The van der Waals surface area contributed by atoms with E-state index in [0.717, 1.165) is 23.1 Å². The van der Waals surface area contributed by atoms with Gasteiger partial charge in [-0.15, -0.1) is 12.6 Å². The highest BCUT2D eigenvalue weighted by Crippen LogP contribution is 2.37. The van der Waals surface area contributed by atoms with Gasteiger partial charge in [0.15, 0.2) is 11.6 Å². The molecule has 1 aliphatic carbocycles. The van der Waals surface area contributed by atoms with E-state index in [1.807, 2.05) is 30.3 Å². The lowest BCUT2D eigenvalue weighted by Crippen LogP contribution is -2.22. The number of carbonyl (C=O) groups is 2. The molecule has 0 saturated carbocycles. The number of carbonyl (C=O) groups excluding carboxylic acids is 2. The topological polar surface area (TPSA) is 34.1 Å². The van der Waals surface area contributed by atoms with Crippen molar-refractivity contribution in [1.29, 1.82) is 0 Å². The van der Waals surface area contributed by atoms with E-state index in [1.165, 1.54) is 0 Å². The van der Waals surface area contributed by atoms with Gasteiger partial charge < -0.3 is 0 Å². The van der Waals surface area contributed by atoms with Crippen LogP contribution in [-0.4, -0.2) is 11.6 Å². The van der Waals surface area contributed by atoms with Gasteiger partial charge in [-0.3, -0.25) is 9.59 Å². The lowest BCUT2D eigenvalue weighted by Gasteiger charge is -2.22.